The lowest BCUT2D eigenvalue weighted by molar-refractivity contribution is -0.180. The smallest absolute Gasteiger partial charge is 0.343 e. The lowest BCUT2D eigenvalue weighted by Crippen LogP contribution is -2.48. The second-order valence-corrected chi connectivity index (χ2v) is 6.40. The average Bonchev–Trinajstić information content (AvgIpc) is 2.63. The number of hydrogen-bond acceptors (Lipinski definition) is 5. The Morgan fingerprint density at radius 2 is 1.96 bits per heavy atom. The zero-order valence-electron chi connectivity index (χ0n) is 13.3. The van der Waals surface area contributed by atoms with Crippen LogP contribution in [-0.4, -0.2) is 36.6 Å². The molecule has 2 atom stereocenters. The third-order valence-electron chi connectivity index (χ3n) is 4.83. The second-order valence-electron chi connectivity index (χ2n) is 6.40. The number of nitrogens with one attached hydrogen (secondary N) is 1. The molecule has 2 N–H and O–H groups in total. The van der Waals surface area contributed by atoms with E-state index in [1.54, 1.807) is 6.34 Å². The summed E-state index contributed by atoms with van der Waals surface area (Å²) in [5.41, 5.74) is -0.938. The Balaban J connectivity index is 1.84. The van der Waals surface area contributed by atoms with Crippen LogP contribution in [0, 0.1) is 5.92 Å². The first kappa shape index (κ1) is 16.0. The highest BCUT2D eigenvalue weighted by Crippen LogP contribution is 2.40. The highest BCUT2D eigenvalue weighted by molar-refractivity contribution is 5.82. The maximum absolute atomic E-state index is 12.9. The van der Waals surface area contributed by atoms with Gasteiger partial charge in [-0.25, -0.2) is 4.79 Å². The van der Waals surface area contributed by atoms with Crippen molar-refractivity contribution in [3.8, 4) is 0 Å². The molecule has 0 bridgehead atoms. The van der Waals surface area contributed by atoms with Crippen LogP contribution in [0.5, 0.6) is 0 Å². The Morgan fingerprint density at radius 3 is 2.61 bits per heavy atom. The van der Waals surface area contributed by atoms with Gasteiger partial charge < -0.3 is 15.2 Å². The van der Waals surface area contributed by atoms with Crippen molar-refractivity contribution in [2.75, 3.05) is 13.1 Å². The molecule has 1 fully saturated rings. The number of aliphatic imine (C=N–C) groups is 1. The number of aliphatic hydroxyl groups is 1. The van der Waals surface area contributed by atoms with Crippen LogP contribution in [0.2, 0.25) is 0 Å². The van der Waals surface area contributed by atoms with Crippen molar-refractivity contribution < 1.29 is 14.6 Å². The molecular weight excluding hydrogens is 292 g/mol. The zero-order valence-corrected chi connectivity index (χ0v) is 13.3. The molecule has 1 saturated carbocycles. The van der Waals surface area contributed by atoms with Gasteiger partial charge in [-0.2, -0.15) is 0 Å². The number of esters is 1. The molecule has 5 nitrogen and oxygen atoms in total. The maximum Gasteiger partial charge on any atom is 0.343 e. The summed E-state index contributed by atoms with van der Waals surface area (Å²) >= 11 is 0. The van der Waals surface area contributed by atoms with Crippen LogP contribution >= 0.6 is 0 Å². The van der Waals surface area contributed by atoms with Gasteiger partial charge in [0.15, 0.2) is 5.60 Å². The minimum absolute atomic E-state index is 0.0915. The molecule has 1 heterocycles. The maximum atomic E-state index is 12.9. The van der Waals surface area contributed by atoms with Crippen LogP contribution < -0.4 is 5.32 Å². The number of carbonyl (C=O) groups is 1. The van der Waals surface area contributed by atoms with Crippen molar-refractivity contribution in [3.05, 3.63) is 35.9 Å². The Labute approximate surface area is 136 Å². The molecule has 0 spiro atoms. The summed E-state index contributed by atoms with van der Waals surface area (Å²) in [5, 5.41) is 14.3. The fourth-order valence-corrected chi connectivity index (χ4v) is 3.54. The van der Waals surface area contributed by atoms with Crippen molar-refractivity contribution in [2.24, 2.45) is 10.9 Å². The largest absolute Gasteiger partial charge is 0.456 e. The highest BCUT2D eigenvalue weighted by atomic mass is 16.6. The van der Waals surface area contributed by atoms with Crippen molar-refractivity contribution in [1.82, 2.24) is 5.32 Å². The first-order valence-corrected chi connectivity index (χ1v) is 8.42. The van der Waals surface area contributed by atoms with Crippen molar-refractivity contribution in [3.63, 3.8) is 0 Å². The number of nitrogens with zero attached hydrogens (tertiary/aromatic N) is 1. The lowest BCUT2D eigenvalue weighted by atomic mass is 9.73. The quantitative estimate of drug-likeness (QED) is 0.834. The van der Waals surface area contributed by atoms with Gasteiger partial charge in [0.05, 0.1) is 19.4 Å². The summed E-state index contributed by atoms with van der Waals surface area (Å²) in [6, 6.07) is 9.21. The lowest BCUT2D eigenvalue weighted by Gasteiger charge is -2.37. The Hall–Kier alpha value is -1.88. The van der Waals surface area contributed by atoms with Crippen LogP contribution in [0.3, 0.4) is 0 Å². The molecular formula is C18H24N2O3. The summed E-state index contributed by atoms with van der Waals surface area (Å²) in [7, 11) is 0. The fraction of sp³-hybridized carbons (Fsp3) is 0.556. The van der Waals surface area contributed by atoms with E-state index in [-0.39, 0.29) is 12.0 Å². The molecule has 5 heteroatoms. The molecule has 0 aromatic heterocycles. The molecule has 23 heavy (non-hydrogen) atoms. The van der Waals surface area contributed by atoms with Crippen LogP contribution in [-0.2, 0) is 15.1 Å². The summed E-state index contributed by atoms with van der Waals surface area (Å²) in [6.07, 6.45) is 6.24. The van der Waals surface area contributed by atoms with Gasteiger partial charge in [-0.1, -0.05) is 49.6 Å². The number of hydrogen-bond donors (Lipinski definition) is 2. The molecule has 1 aliphatic heterocycles. The predicted octanol–water partition coefficient (Wildman–Crippen LogP) is 2.00. The van der Waals surface area contributed by atoms with Crippen LogP contribution in [0.4, 0.5) is 0 Å². The van der Waals surface area contributed by atoms with E-state index in [0.717, 1.165) is 32.1 Å². The molecule has 2 aliphatic rings. The van der Waals surface area contributed by atoms with Crippen LogP contribution in [0.1, 0.15) is 37.7 Å². The monoisotopic (exact) mass is 316 g/mol. The van der Waals surface area contributed by atoms with E-state index >= 15 is 0 Å². The summed E-state index contributed by atoms with van der Waals surface area (Å²) in [5.74, 6) is -0.634. The van der Waals surface area contributed by atoms with Gasteiger partial charge in [0, 0.05) is 5.92 Å². The highest BCUT2D eigenvalue weighted by Gasteiger charge is 2.47. The van der Waals surface area contributed by atoms with Crippen molar-refractivity contribution >= 4 is 12.3 Å². The molecule has 0 radical (unpaired) electrons. The van der Waals surface area contributed by atoms with E-state index in [1.807, 2.05) is 30.3 Å². The Bertz CT molecular complexity index is 555. The van der Waals surface area contributed by atoms with E-state index in [1.165, 1.54) is 0 Å². The zero-order chi connectivity index (χ0) is 16.1. The van der Waals surface area contributed by atoms with Gasteiger partial charge in [0.25, 0.3) is 0 Å². The van der Waals surface area contributed by atoms with Crippen LogP contribution in [0.15, 0.2) is 35.3 Å². The first-order valence-electron chi connectivity index (χ1n) is 8.42. The Morgan fingerprint density at radius 1 is 1.22 bits per heavy atom. The average molecular weight is 316 g/mol. The Kier molecular flexibility index (Phi) is 4.96. The molecule has 0 amide bonds. The normalized spacial score (nSPS) is 24.5. The van der Waals surface area contributed by atoms with Gasteiger partial charge in [-0.3, -0.25) is 4.99 Å². The van der Waals surface area contributed by atoms with Gasteiger partial charge in [0.1, 0.15) is 6.10 Å². The molecule has 124 valence electrons. The molecule has 1 aromatic carbocycles. The fourth-order valence-electron chi connectivity index (χ4n) is 3.54. The van der Waals surface area contributed by atoms with E-state index < -0.39 is 11.6 Å². The topological polar surface area (TPSA) is 70.9 Å². The molecule has 1 aromatic rings. The second kappa shape index (κ2) is 7.13. The molecule has 2 unspecified atom stereocenters. The molecule has 3 rings (SSSR count). The minimum Gasteiger partial charge on any atom is -0.456 e. The molecule has 0 saturated heterocycles. The standard InChI is InChI=1S/C18H24N2O3/c21-17(23-16-11-19-13-20-12-16)18(22,14-7-3-1-4-8-14)15-9-5-2-6-10-15/h1,3-4,7-8,13,15-16,22H,2,5-6,9-12H2,(H,19,20). The summed E-state index contributed by atoms with van der Waals surface area (Å²) in [4.78, 5) is 17.0. The van der Waals surface area contributed by atoms with Crippen molar-refractivity contribution in [2.45, 2.75) is 43.8 Å². The minimum atomic E-state index is -1.57. The number of carbonyl (C=O) groups excluding carboxylic acids is 1. The number of ether oxygens (including phenoxy) is 1. The summed E-state index contributed by atoms with van der Waals surface area (Å²) < 4.78 is 5.60. The third-order valence-corrected chi connectivity index (χ3v) is 4.83. The van der Waals surface area contributed by atoms with Gasteiger partial charge >= 0.3 is 5.97 Å². The van der Waals surface area contributed by atoms with Gasteiger partial charge in [-0.15, -0.1) is 0 Å². The third kappa shape index (κ3) is 3.39. The first-order chi connectivity index (χ1) is 11.2. The van der Waals surface area contributed by atoms with Gasteiger partial charge in [0.2, 0.25) is 0 Å². The van der Waals surface area contributed by atoms with E-state index in [4.69, 9.17) is 4.74 Å². The number of rotatable bonds is 4. The van der Waals surface area contributed by atoms with E-state index in [2.05, 4.69) is 10.3 Å². The van der Waals surface area contributed by atoms with E-state index in [0.29, 0.717) is 18.7 Å². The van der Waals surface area contributed by atoms with Crippen molar-refractivity contribution in [1.29, 1.82) is 0 Å². The van der Waals surface area contributed by atoms with Gasteiger partial charge in [-0.05, 0) is 18.4 Å². The summed E-state index contributed by atoms with van der Waals surface area (Å²) in [6.45, 7) is 0.971. The predicted molar refractivity (Wildman–Crippen MR) is 88.2 cm³/mol. The number of benzene rings is 1. The SMILES string of the molecule is O=C(OC1CN=CNC1)C(O)(c1ccccc1)C1CCCCC1. The molecule has 1 aliphatic carbocycles. The van der Waals surface area contributed by atoms with E-state index in [9.17, 15) is 9.90 Å². The van der Waals surface area contributed by atoms with Crippen LogP contribution in [0.25, 0.3) is 0 Å².